The number of likely N-dealkylation sites (tertiary alicyclic amines) is 1. The van der Waals surface area contributed by atoms with Gasteiger partial charge in [-0.25, -0.2) is 0 Å². The van der Waals surface area contributed by atoms with Gasteiger partial charge in [0.15, 0.2) is 6.04 Å². The van der Waals surface area contributed by atoms with E-state index < -0.39 is 12.1 Å². The van der Waals surface area contributed by atoms with E-state index in [4.69, 9.17) is 0 Å². The van der Waals surface area contributed by atoms with Crippen molar-refractivity contribution in [3.05, 3.63) is 102 Å². The van der Waals surface area contributed by atoms with E-state index in [1.54, 1.807) is 29.2 Å². The molecule has 0 saturated carbocycles. The maximum Gasteiger partial charge on any atom is 0.281 e. The van der Waals surface area contributed by atoms with Gasteiger partial charge in [0.1, 0.15) is 11.8 Å². The molecule has 36 heavy (non-hydrogen) atoms. The topological polar surface area (TPSA) is 97.3 Å². The van der Waals surface area contributed by atoms with E-state index in [0.717, 1.165) is 23.1 Å². The van der Waals surface area contributed by atoms with Crippen LogP contribution < -0.4 is 35.9 Å². The predicted molar refractivity (Wildman–Crippen MR) is 131 cm³/mol. The minimum absolute atomic E-state index is 0. The van der Waals surface area contributed by atoms with Crippen LogP contribution in [0.15, 0.2) is 84.9 Å². The number of carbonyl (C=O) groups is 2. The number of phenols is 1. The van der Waals surface area contributed by atoms with Crippen LogP contribution in [0, 0.1) is 0 Å². The Bertz CT molecular complexity index is 1100. The molecule has 192 valence electrons. The Hall–Kier alpha value is -3.06. The van der Waals surface area contributed by atoms with E-state index in [9.17, 15) is 14.7 Å². The number of nitrogens with zero attached hydrogens (tertiary/aromatic N) is 1. The predicted octanol–water partition coefficient (Wildman–Crippen LogP) is -3.36. The molecule has 3 atom stereocenters. The highest BCUT2D eigenvalue weighted by atomic mass is 35.5. The van der Waals surface area contributed by atoms with Crippen LogP contribution in [-0.4, -0.2) is 40.4 Å². The summed E-state index contributed by atoms with van der Waals surface area (Å²) < 4.78 is 0. The summed E-state index contributed by atoms with van der Waals surface area (Å²) in [5, 5.41) is 12.7. The number of carbonyl (C=O) groups excluding carboxylic acids is 2. The SMILES string of the molecule is [Cl-].[Cl-].[NH3+][C@@H](Cc1ccc(O)cc1)C(=O)N1CCC[C@H]1C(=O)N[C@@H](Cc1ccccc1)c1ccccc1. The van der Waals surface area contributed by atoms with Crippen LogP contribution in [0.25, 0.3) is 0 Å². The van der Waals surface area contributed by atoms with E-state index in [2.05, 4.69) is 23.2 Å². The van der Waals surface area contributed by atoms with Crippen molar-refractivity contribution < 1.29 is 45.2 Å². The molecule has 1 aliphatic heterocycles. The first-order valence-electron chi connectivity index (χ1n) is 11.8. The van der Waals surface area contributed by atoms with Crippen molar-refractivity contribution in [3.63, 3.8) is 0 Å². The minimum Gasteiger partial charge on any atom is -1.00 e. The van der Waals surface area contributed by atoms with Crippen LogP contribution in [0.2, 0.25) is 0 Å². The van der Waals surface area contributed by atoms with Crippen molar-refractivity contribution >= 4 is 11.8 Å². The molecular formula is C28H32Cl2N3O3-. The Kier molecular flexibility index (Phi) is 11.2. The molecule has 2 amide bonds. The second-order valence-corrected chi connectivity index (χ2v) is 8.92. The molecule has 3 aromatic rings. The fourth-order valence-electron chi connectivity index (χ4n) is 4.60. The highest BCUT2D eigenvalue weighted by molar-refractivity contribution is 5.90. The maximum atomic E-state index is 13.4. The largest absolute Gasteiger partial charge is 1.00 e. The van der Waals surface area contributed by atoms with E-state index >= 15 is 0 Å². The van der Waals surface area contributed by atoms with Crippen molar-refractivity contribution in [1.29, 1.82) is 0 Å². The summed E-state index contributed by atoms with van der Waals surface area (Å²) in [7, 11) is 0. The summed E-state index contributed by atoms with van der Waals surface area (Å²) in [5.41, 5.74) is 7.18. The minimum atomic E-state index is -0.493. The first-order chi connectivity index (χ1) is 16.5. The van der Waals surface area contributed by atoms with Gasteiger partial charge in [0.2, 0.25) is 5.91 Å². The average molecular weight is 529 g/mol. The fraction of sp³-hybridized carbons (Fsp3) is 0.286. The number of halogens is 2. The van der Waals surface area contributed by atoms with Crippen molar-refractivity contribution in [2.45, 2.75) is 43.8 Å². The van der Waals surface area contributed by atoms with E-state index in [-0.39, 0.29) is 48.4 Å². The first-order valence-corrected chi connectivity index (χ1v) is 11.8. The van der Waals surface area contributed by atoms with Crippen molar-refractivity contribution in [3.8, 4) is 5.75 Å². The van der Waals surface area contributed by atoms with Crippen LogP contribution in [0.5, 0.6) is 5.75 Å². The van der Waals surface area contributed by atoms with Crippen LogP contribution in [0.1, 0.15) is 35.6 Å². The molecule has 4 rings (SSSR count). The van der Waals surface area contributed by atoms with E-state index in [0.29, 0.717) is 25.8 Å². The summed E-state index contributed by atoms with van der Waals surface area (Å²) in [6.07, 6.45) is 2.58. The number of hydrogen-bond acceptors (Lipinski definition) is 3. The molecule has 1 fully saturated rings. The first kappa shape index (κ1) is 29.2. The van der Waals surface area contributed by atoms with Crippen molar-refractivity contribution in [2.24, 2.45) is 0 Å². The Balaban J connectivity index is 0.00000228. The second-order valence-electron chi connectivity index (χ2n) is 8.92. The third kappa shape index (κ3) is 7.47. The van der Waals surface area contributed by atoms with Crippen LogP contribution in [0.3, 0.4) is 0 Å². The third-order valence-corrected chi connectivity index (χ3v) is 6.41. The van der Waals surface area contributed by atoms with Gasteiger partial charge in [-0.15, -0.1) is 0 Å². The highest BCUT2D eigenvalue weighted by Gasteiger charge is 2.38. The molecule has 0 unspecified atom stereocenters. The number of nitrogens with one attached hydrogen (secondary N) is 1. The number of aromatic hydroxyl groups is 1. The molecule has 1 aliphatic rings. The van der Waals surface area contributed by atoms with Gasteiger partial charge in [0.05, 0.1) is 6.04 Å². The fourth-order valence-corrected chi connectivity index (χ4v) is 4.60. The van der Waals surface area contributed by atoms with Crippen LogP contribution in [-0.2, 0) is 22.4 Å². The van der Waals surface area contributed by atoms with Gasteiger partial charge in [-0.05, 0) is 48.1 Å². The molecule has 5 N–H and O–H groups in total. The van der Waals surface area contributed by atoms with Gasteiger partial charge in [-0.2, -0.15) is 0 Å². The number of phenolic OH excluding ortho intramolecular Hbond substituents is 1. The molecule has 0 aromatic heterocycles. The third-order valence-electron chi connectivity index (χ3n) is 6.41. The standard InChI is InChI=1S/C28H31N3O3.2ClH/c29-24(18-21-13-15-23(32)16-14-21)28(34)31-17-7-12-26(31)27(33)30-25(22-10-5-2-6-11-22)19-20-8-3-1-4-9-20;;/h1-6,8-11,13-16,24-26,32H,7,12,17-19,29H2,(H,30,33);2*1H/p-1/t24-,25-,26-;;/m0../s1. The van der Waals surface area contributed by atoms with Gasteiger partial charge < -0.3 is 45.9 Å². The number of rotatable bonds is 8. The highest BCUT2D eigenvalue weighted by Crippen LogP contribution is 2.23. The van der Waals surface area contributed by atoms with Gasteiger partial charge in [-0.3, -0.25) is 9.59 Å². The molecule has 1 saturated heterocycles. The molecule has 0 spiro atoms. The average Bonchev–Trinajstić information content (AvgIpc) is 3.36. The van der Waals surface area contributed by atoms with Gasteiger partial charge >= 0.3 is 0 Å². The lowest BCUT2D eigenvalue weighted by atomic mass is 9.98. The zero-order valence-electron chi connectivity index (χ0n) is 20.0. The van der Waals surface area contributed by atoms with Gasteiger partial charge in [-0.1, -0.05) is 72.8 Å². The van der Waals surface area contributed by atoms with Crippen molar-refractivity contribution in [1.82, 2.24) is 10.2 Å². The number of amides is 2. The summed E-state index contributed by atoms with van der Waals surface area (Å²) in [6.45, 7) is 0.563. The lowest BCUT2D eigenvalue weighted by molar-refractivity contribution is -0.405. The molecule has 6 nitrogen and oxygen atoms in total. The Morgan fingerprint density at radius 2 is 1.47 bits per heavy atom. The molecular weight excluding hydrogens is 497 g/mol. The van der Waals surface area contributed by atoms with Crippen molar-refractivity contribution in [2.75, 3.05) is 6.54 Å². The summed E-state index contributed by atoms with van der Waals surface area (Å²) in [6, 6.07) is 25.7. The normalized spacial score (nSPS) is 16.2. The Labute approximate surface area is 224 Å². The summed E-state index contributed by atoms with van der Waals surface area (Å²) in [5.74, 6) is -0.0343. The maximum absolute atomic E-state index is 13.4. The summed E-state index contributed by atoms with van der Waals surface area (Å²) >= 11 is 0. The zero-order valence-corrected chi connectivity index (χ0v) is 21.5. The van der Waals surface area contributed by atoms with E-state index in [1.165, 1.54) is 0 Å². The summed E-state index contributed by atoms with van der Waals surface area (Å²) in [4.78, 5) is 28.3. The second kappa shape index (κ2) is 13.9. The van der Waals surface area contributed by atoms with Gasteiger partial charge in [0.25, 0.3) is 5.91 Å². The Morgan fingerprint density at radius 3 is 2.11 bits per heavy atom. The monoisotopic (exact) mass is 528 g/mol. The van der Waals surface area contributed by atoms with E-state index in [1.807, 2.05) is 48.5 Å². The van der Waals surface area contributed by atoms with Crippen LogP contribution in [0.4, 0.5) is 0 Å². The molecule has 3 aromatic carbocycles. The molecule has 8 heteroatoms. The lowest BCUT2D eigenvalue weighted by Crippen LogP contribution is -3.00. The molecule has 0 aliphatic carbocycles. The Morgan fingerprint density at radius 1 is 0.889 bits per heavy atom. The smallest absolute Gasteiger partial charge is 0.281 e. The van der Waals surface area contributed by atoms with Gasteiger partial charge in [0, 0.05) is 13.0 Å². The zero-order chi connectivity index (χ0) is 23.9. The number of quaternary nitrogens is 1. The van der Waals surface area contributed by atoms with Crippen LogP contribution >= 0.6 is 0 Å². The number of benzene rings is 3. The number of hydrogen-bond donors (Lipinski definition) is 3. The lowest BCUT2D eigenvalue weighted by Gasteiger charge is -2.28. The molecule has 0 bridgehead atoms. The quantitative estimate of drug-likeness (QED) is 0.285. The molecule has 1 heterocycles. The molecule has 0 radical (unpaired) electrons.